The van der Waals surface area contributed by atoms with E-state index in [-0.39, 0.29) is 18.9 Å². The molecular formula is C17H22O5. The Morgan fingerprint density at radius 2 is 2.27 bits per heavy atom. The van der Waals surface area contributed by atoms with Gasteiger partial charge in [0.15, 0.2) is 12.4 Å². The average Bonchev–Trinajstić information content (AvgIpc) is 3.09. The third-order valence-electron chi connectivity index (χ3n) is 4.89. The van der Waals surface area contributed by atoms with E-state index in [0.717, 1.165) is 24.2 Å². The van der Waals surface area contributed by atoms with Crippen molar-refractivity contribution in [3.05, 3.63) is 29.3 Å². The lowest BCUT2D eigenvalue weighted by Gasteiger charge is -2.25. The van der Waals surface area contributed by atoms with E-state index in [1.54, 1.807) is 6.92 Å². The highest BCUT2D eigenvalue weighted by molar-refractivity contribution is 5.79. The van der Waals surface area contributed by atoms with Gasteiger partial charge < -0.3 is 19.7 Å². The summed E-state index contributed by atoms with van der Waals surface area (Å²) >= 11 is 0. The molecule has 2 aliphatic rings. The average molecular weight is 306 g/mol. The second-order valence-electron chi connectivity index (χ2n) is 6.15. The Morgan fingerprint density at radius 3 is 3.00 bits per heavy atom. The van der Waals surface area contributed by atoms with Gasteiger partial charge in [-0.25, -0.2) is 4.79 Å². The van der Waals surface area contributed by atoms with Crippen molar-refractivity contribution in [3.8, 4) is 5.75 Å². The molecule has 5 heteroatoms. The molecule has 1 aliphatic carbocycles. The molecule has 2 N–H and O–H groups in total. The third kappa shape index (κ3) is 2.48. The lowest BCUT2D eigenvalue weighted by Crippen LogP contribution is -2.42. The minimum absolute atomic E-state index is 0.130. The molecule has 0 bridgehead atoms. The van der Waals surface area contributed by atoms with Gasteiger partial charge in [-0.05, 0) is 31.2 Å². The Hall–Kier alpha value is -1.59. The number of aliphatic hydroxyl groups excluding tert-OH is 1. The lowest BCUT2D eigenvalue weighted by atomic mass is 9.89. The van der Waals surface area contributed by atoms with Crippen LogP contribution in [0.1, 0.15) is 49.7 Å². The highest BCUT2D eigenvalue weighted by Crippen LogP contribution is 2.48. The monoisotopic (exact) mass is 306 g/mol. The first-order chi connectivity index (χ1) is 10.6. The predicted octanol–water partition coefficient (Wildman–Crippen LogP) is 1.89. The summed E-state index contributed by atoms with van der Waals surface area (Å²) in [5, 5.41) is 19.3. The van der Waals surface area contributed by atoms with E-state index in [0.29, 0.717) is 5.92 Å². The predicted molar refractivity (Wildman–Crippen MR) is 79.6 cm³/mol. The van der Waals surface area contributed by atoms with Gasteiger partial charge in [0.25, 0.3) is 0 Å². The van der Waals surface area contributed by atoms with Gasteiger partial charge in [0.1, 0.15) is 11.9 Å². The number of hydrogen-bond acceptors (Lipinski definition) is 5. The first-order valence-electron chi connectivity index (χ1n) is 7.88. The lowest BCUT2D eigenvalue weighted by molar-refractivity contribution is -0.174. The van der Waals surface area contributed by atoms with Crippen LogP contribution in [-0.2, 0) is 16.0 Å². The summed E-state index contributed by atoms with van der Waals surface area (Å²) < 4.78 is 10.7. The molecule has 1 unspecified atom stereocenters. The topological polar surface area (TPSA) is 76.0 Å². The molecule has 0 radical (unpaired) electrons. The Bertz CT molecular complexity index is 570. The van der Waals surface area contributed by atoms with Crippen LogP contribution in [0.4, 0.5) is 0 Å². The van der Waals surface area contributed by atoms with Crippen LogP contribution in [0.5, 0.6) is 5.75 Å². The number of benzene rings is 1. The Morgan fingerprint density at radius 1 is 1.45 bits per heavy atom. The summed E-state index contributed by atoms with van der Waals surface area (Å²) in [7, 11) is 0. The van der Waals surface area contributed by atoms with E-state index in [2.05, 4.69) is 10.8 Å². The van der Waals surface area contributed by atoms with Crippen LogP contribution >= 0.6 is 0 Å². The van der Waals surface area contributed by atoms with Gasteiger partial charge in [0, 0.05) is 17.9 Å². The standard InChI is InChI=1S/C17H22O5/c1-2-17(20,16(19)21-10-18)9-11-5-3-7-13-12-6-4-8-14(12)22-15(11)13/h3,5,7,12,14,18,20H,2,4,6,8-10H2,1H3/t12-,14-,17?/m1/s1. The first-order valence-corrected chi connectivity index (χ1v) is 7.88. The zero-order valence-corrected chi connectivity index (χ0v) is 12.7. The van der Waals surface area contributed by atoms with E-state index < -0.39 is 18.4 Å². The zero-order chi connectivity index (χ0) is 15.7. The molecular weight excluding hydrogens is 284 g/mol. The highest BCUT2D eigenvalue weighted by atomic mass is 16.6. The summed E-state index contributed by atoms with van der Waals surface area (Å²) in [6, 6.07) is 5.91. The van der Waals surface area contributed by atoms with Crippen LogP contribution < -0.4 is 4.74 Å². The second kappa shape index (κ2) is 5.89. The van der Waals surface area contributed by atoms with Crippen LogP contribution in [0.25, 0.3) is 0 Å². The van der Waals surface area contributed by atoms with E-state index in [9.17, 15) is 9.90 Å². The number of rotatable bonds is 5. The molecule has 0 amide bonds. The number of fused-ring (bicyclic) bond motifs is 3. The molecule has 1 aromatic rings. The molecule has 1 fully saturated rings. The van der Waals surface area contributed by atoms with Crippen LogP contribution in [0, 0.1) is 0 Å². The fourth-order valence-electron chi connectivity index (χ4n) is 3.60. The van der Waals surface area contributed by atoms with Gasteiger partial charge in [-0.3, -0.25) is 0 Å². The maximum atomic E-state index is 11.9. The minimum Gasteiger partial charge on any atom is -0.489 e. The van der Waals surface area contributed by atoms with Crippen LogP contribution in [-0.4, -0.2) is 34.7 Å². The minimum atomic E-state index is -1.64. The molecule has 0 spiro atoms. The van der Waals surface area contributed by atoms with Crippen LogP contribution in [0.3, 0.4) is 0 Å². The fraction of sp³-hybridized carbons (Fsp3) is 0.588. The SMILES string of the molecule is CCC(O)(Cc1cccc2c1O[C@@H]1CCC[C@H]21)C(=O)OCO. The fourth-order valence-corrected chi connectivity index (χ4v) is 3.60. The van der Waals surface area contributed by atoms with Gasteiger partial charge in [-0.2, -0.15) is 0 Å². The summed E-state index contributed by atoms with van der Waals surface area (Å²) in [6.07, 6.45) is 3.94. The van der Waals surface area contributed by atoms with Crippen molar-refractivity contribution < 1.29 is 24.5 Å². The van der Waals surface area contributed by atoms with Crippen molar-refractivity contribution in [3.63, 3.8) is 0 Å². The van der Waals surface area contributed by atoms with Gasteiger partial charge in [0.05, 0.1) is 0 Å². The molecule has 1 heterocycles. The molecule has 5 nitrogen and oxygen atoms in total. The molecule has 1 saturated carbocycles. The Labute approximate surface area is 129 Å². The number of para-hydroxylation sites is 1. The number of aliphatic hydroxyl groups is 2. The highest BCUT2D eigenvalue weighted by Gasteiger charge is 2.42. The summed E-state index contributed by atoms with van der Waals surface area (Å²) in [5.41, 5.74) is 0.374. The van der Waals surface area contributed by atoms with Gasteiger partial charge in [-0.15, -0.1) is 0 Å². The Kier molecular flexibility index (Phi) is 4.10. The van der Waals surface area contributed by atoms with E-state index >= 15 is 0 Å². The maximum Gasteiger partial charge on any atom is 0.340 e. The van der Waals surface area contributed by atoms with Gasteiger partial charge >= 0.3 is 5.97 Å². The quantitative estimate of drug-likeness (QED) is 0.642. The number of ether oxygens (including phenoxy) is 2. The van der Waals surface area contributed by atoms with Crippen molar-refractivity contribution >= 4 is 5.97 Å². The van der Waals surface area contributed by atoms with Crippen molar-refractivity contribution in [1.82, 2.24) is 0 Å². The molecule has 3 atom stereocenters. The summed E-state index contributed by atoms with van der Waals surface area (Å²) in [5.74, 6) is 0.461. The smallest absolute Gasteiger partial charge is 0.340 e. The van der Waals surface area contributed by atoms with Crippen molar-refractivity contribution in [2.24, 2.45) is 0 Å². The Balaban J connectivity index is 1.87. The normalized spacial score (nSPS) is 25.0. The van der Waals surface area contributed by atoms with E-state index in [1.807, 2.05) is 12.1 Å². The molecule has 1 aromatic carbocycles. The number of esters is 1. The zero-order valence-electron chi connectivity index (χ0n) is 12.7. The molecule has 0 saturated heterocycles. The molecule has 120 valence electrons. The van der Waals surface area contributed by atoms with Crippen molar-refractivity contribution in [2.45, 2.75) is 56.7 Å². The molecule has 3 rings (SSSR count). The number of hydrogen-bond donors (Lipinski definition) is 2. The summed E-state index contributed by atoms with van der Waals surface area (Å²) in [4.78, 5) is 11.9. The van der Waals surface area contributed by atoms with Crippen molar-refractivity contribution in [1.29, 1.82) is 0 Å². The first kappa shape index (κ1) is 15.3. The third-order valence-corrected chi connectivity index (χ3v) is 4.89. The van der Waals surface area contributed by atoms with E-state index in [1.165, 1.54) is 12.0 Å². The molecule has 1 aliphatic heterocycles. The largest absolute Gasteiger partial charge is 0.489 e. The molecule has 0 aromatic heterocycles. The van der Waals surface area contributed by atoms with Crippen LogP contribution in [0.2, 0.25) is 0 Å². The van der Waals surface area contributed by atoms with Crippen molar-refractivity contribution in [2.75, 3.05) is 6.79 Å². The van der Waals surface area contributed by atoms with E-state index in [4.69, 9.17) is 9.84 Å². The molecule has 22 heavy (non-hydrogen) atoms. The maximum absolute atomic E-state index is 11.9. The van der Waals surface area contributed by atoms with Gasteiger partial charge in [0.2, 0.25) is 0 Å². The summed E-state index contributed by atoms with van der Waals surface area (Å²) in [6.45, 7) is 0.992. The van der Waals surface area contributed by atoms with Crippen LogP contribution in [0.15, 0.2) is 18.2 Å². The number of carbonyl (C=O) groups excluding carboxylic acids is 1. The van der Waals surface area contributed by atoms with Gasteiger partial charge in [-0.1, -0.05) is 25.1 Å². The second-order valence-corrected chi connectivity index (χ2v) is 6.15. The number of carbonyl (C=O) groups is 1.